The van der Waals surface area contributed by atoms with Crippen LogP contribution in [0.2, 0.25) is 0 Å². The number of anilines is 2. The quantitative estimate of drug-likeness (QED) is 0.681. The Bertz CT molecular complexity index is 715. The summed E-state index contributed by atoms with van der Waals surface area (Å²) in [5.41, 5.74) is 2.09. The van der Waals surface area contributed by atoms with Crippen LogP contribution < -0.4 is 21.3 Å². The maximum Gasteiger partial charge on any atom is 0.195 e. The van der Waals surface area contributed by atoms with Crippen LogP contribution in [0.4, 0.5) is 11.4 Å². The van der Waals surface area contributed by atoms with E-state index in [2.05, 4.69) is 79.8 Å². The molecule has 0 amide bonds. The van der Waals surface area contributed by atoms with Gasteiger partial charge in [-0.25, -0.2) is 0 Å². The molecule has 2 aliphatic rings. The second-order valence-corrected chi connectivity index (χ2v) is 6.86. The Morgan fingerprint density at radius 1 is 0.680 bits per heavy atom. The summed E-state index contributed by atoms with van der Waals surface area (Å²) in [4.78, 5) is 11.1. The fourth-order valence-corrected chi connectivity index (χ4v) is 3.40. The van der Waals surface area contributed by atoms with Gasteiger partial charge in [0.2, 0.25) is 0 Å². The fourth-order valence-electron chi connectivity index (χ4n) is 2.59. The number of hydrogen-bond donors (Lipinski definition) is 4. The van der Waals surface area contributed by atoms with Crippen molar-refractivity contribution in [1.82, 2.24) is 10.6 Å². The molecule has 2 aromatic rings. The van der Waals surface area contributed by atoms with Crippen LogP contribution in [0.1, 0.15) is 0 Å². The molecule has 7 heteroatoms. The van der Waals surface area contributed by atoms with Gasteiger partial charge in [-0.2, -0.15) is 0 Å². The van der Waals surface area contributed by atoms with E-state index in [9.17, 15) is 0 Å². The summed E-state index contributed by atoms with van der Waals surface area (Å²) in [6.07, 6.45) is 0. The summed E-state index contributed by atoms with van der Waals surface area (Å²) in [5.74, 6) is 1.70. The van der Waals surface area contributed by atoms with Crippen molar-refractivity contribution in [3.63, 3.8) is 0 Å². The Labute approximate surface area is 151 Å². The third-order valence-corrected chi connectivity index (χ3v) is 4.83. The third-order valence-electron chi connectivity index (χ3n) is 3.82. The highest BCUT2D eigenvalue weighted by Gasteiger charge is 2.06. The zero-order chi connectivity index (χ0) is 16.9. The number of nitrogens with zero attached hydrogens (tertiary/aromatic N) is 2. The van der Waals surface area contributed by atoms with E-state index in [1.165, 1.54) is 9.79 Å². The molecule has 0 atom stereocenters. The minimum atomic E-state index is 0.838. The average Bonchev–Trinajstić information content (AvgIpc) is 3.33. The predicted octanol–water partition coefficient (Wildman–Crippen LogP) is 2.58. The van der Waals surface area contributed by atoms with Crippen molar-refractivity contribution in [2.24, 2.45) is 9.98 Å². The summed E-state index contributed by atoms with van der Waals surface area (Å²) in [5, 5.41) is 13.0. The molecule has 0 bridgehead atoms. The molecule has 2 aliphatic heterocycles. The van der Waals surface area contributed by atoms with Gasteiger partial charge < -0.3 is 21.3 Å². The maximum absolute atomic E-state index is 4.34. The Kier molecular flexibility index (Phi) is 4.74. The molecule has 0 saturated carbocycles. The predicted molar refractivity (Wildman–Crippen MR) is 105 cm³/mol. The van der Waals surface area contributed by atoms with Gasteiger partial charge in [-0.05, 0) is 48.5 Å². The van der Waals surface area contributed by atoms with Crippen molar-refractivity contribution in [3.8, 4) is 0 Å². The number of nitrogens with one attached hydrogen (secondary N) is 4. The summed E-state index contributed by atoms with van der Waals surface area (Å²) in [7, 11) is 0. The van der Waals surface area contributed by atoms with Crippen LogP contribution in [-0.2, 0) is 0 Å². The first kappa shape index (κ1) is 15.8. The molecule has 0 fully saturated rings. The third kappa shape index (κ3) is 4.24. The van der Waals surface area contributed by atoms with Crippen LogP contribution in [0.25, 0.3) is 0 Å². The van der Waals surface area contributed by atoms with E-state index in [4.69, 9.17) is 0 Å². The Morgan fingerprint density at radius 2 is 1.12 bits per heavy atom. The molecule has 4 N–H and O–H groups in total. The lowest BCUT2D eigenvalue weighted by atomic mass is 10.3. The van der Waals surface area contributed by atoms with Crippen molar-refractivity contribution >= 4 is 35.1 Å². The van der Waals surface area contributed by atoms with Crippen LogP contribution in [0.15, 0.2) is 68.3 Å². The summed E-state index contributed by atoms with van der Waals surface area (Å²) < 4.78 is 0. The molecule has 0 aliphatic carbocycles. The molecule has 0 aromatic heterocycles. The molecular formula is C18H20N6S. The Balaban J connectivity index is 1.34. The molecule has 2 aromatic carbocycles. The molecule has 4 rings (SSSR count). The second kappa shape index (κ2) is 7.48. The molecule has 6 nitrogen and oxygen atoms in total. The number of benzene rings is 2. The van der Waals surface area contributed by atoms with Crippen molar-refractivity contribution < 1.29 is 0 Å². The lowest BCUT2D eigenvalue weighted by Crippen LogP contribution is -2.26. The minimum Gasteiger partial charge on any atom is -0.354 e. The molecule has 25 heavy (non-hydrogen) atoms. The number of rotatable bonds is 4. The topological polar surface area (TPSA) is 72.8 Å². The van der Waals surface area contributed by atoms with Crippen LogP contribution in [0.5, 0.6) is 0 Å². The van der Waals surface area contributed by atoms with Gasteiger partial charge in [0.25, 0.3) is 0 Å². The zero-order valence-electron chi connectivity index (χ0n) is 13.7. The van der Waals surface area contributed by atoms with Gasteiger partial charge in [-0.1, -0.05) is 11.8 Å². The second-order valence-electron chi connectivity index (χ2n) is 5.72. The SMILES string of the molecule is c1cc(Sc2ccc(NC3=NCCN3)cc2)ccc1NC1=NCCN1. The van der Waals surface area contributed by atoms with Crippen molar-refractivity contribution in [2.75, 3.05) is 36.8 Å². The van der Waals surface area contributed by atoms with Gasteiger partial charge in [-0.3, -0.25) is 9.98 Å². The molecule has 0 unspecified atom stereocenters. The van der Waals surface area contributed by atoms with Gasteiger partial charge in [-0.15, -0.1) is 0 Å². The average molecular weight is 352 g/mol. The Hall–Kier alpha value is -2.67. The molecular weight excluding hydrogens is 332 g/mol. The van der Waals surface area contributed by atoms with E-state index < -0.39 is 0 Å². The Morgan fingerprint density at radius 3 is 1.48 bits per heavy atom. The van der Waals surface area contributed by atoms with Gasteiger partial charge in [0.05, 0.1) is 13.1 Å². The monoisotopic (exact) mass is 352 g/mol. The normalized spacial score (nSPS) is 15.8. The van der Waals surface area contributed by atoms with Gasteiger partial charge in [0.15, 0.2) is 11.9 Å². The van der Waals surface area contributed by atoms with E-state index in [0.29, 0.717) is 0 Å². The standard InChI is InChI=1S/C18H20N6S/c1-5-15(6-2-13(1)23-17-19-9-10-20-17)25-16-7-3-14(4-8-16)24-18-21-11-12-22-18/h1-8H,9-12H2,(H2,19,20,23)(H2,21,22,24). The van der Waals surface area contributed by atoms with E-state index in [0.717, 1.165) is 49.5 Å². The van der Waals surface area contributed by atoms with Gasteiger partial charge in [0.1, 0.15) is 0 Å². The van der Waals surface area contributed by atoms with Crippen LogP contribution in [0.3, 0.4) is 0 Å². The molecule has 0 radical (unpaired) electrons. The highest BCUT2D eigenvalue weighted by Crippen LogP contribution is 2.29. The number of guanidine groups is 2. The zero-order valence-corrected chi connectivity index (χ0v) is 14.6. The summed E-state index contributed by atoms with van der Waals surface area (Å²) in [6, 6.07) is 16.8. The first-order valence-electron chi connectivity index (χ1n) is 8.34. The summed E-state index contributed by atoms with van der Waals surface area (Å²) in [6.45, 7) is 3.49. The van der Waals surface area contributed by atoms with Gasteiger partial charge >= 0.3 is 0 Å². The largest absolute Gasteiger partial charge is 0.354 e. The highest BCUT2D eigenvalue weighted by atomic mass is 32.2. The van der Waals surface area contributed by atoms with E-state index >= 15 is 0 Å². The van der Waals surface area contributed by atoms with Crippen LogP contribution in [0, 0.1) is 0 Å². The van der Waals surface area contributed by atoms with Crippen LogP contribution in [-0.4, -0.2) is 38.1 Å². The first-order valence-corrected chi connectivity index (χ1v) is 9.15. The van der Waals surface area contributed by atoms with Crippen LogP contribution >= 0.6 is 11.8 Å². The molecule has 0 saturated heterocycles. The van der Waals surface area contributed by atoms with E-state index in [-0.39, 0.29) is 0 Å². The summed E-state index contributed by atoms with van der Waals surface area (Å²) >= 11 is 1.74. The van der Waals surface area contributed by atoms with Crippen molar-refractivity contribution in [1.29, 1.82) is 0 Å². The van der Waals surface area contributed by atoms with E-state index in [1.54, 1.807) is 11.8 Å². The van der Waals surface area contributed by atoms with Gasteiger partial charge in [0, 0.05) is 34.3 Å². The lowest BCUT2D eigenvalue weighted by molar-refractivity contribution is 0.959. The van der Waals surface area contributed by atoms with E-state index in [1.807, 2.05) is 0 Å². The number of hydrogen-bond acceptors (Lipinski definition) is 7. The molecule has 2 heterocycles. The molecule has 0 spiro atoms. The van der Waals surface area contributed by atoms with Crippen molar-refractivity contribution in [2.45, 2.75) is 9.79 Å². The van der Waals surface area contributed by atoms with Crippen molar-refractivity contribution in [3.05, 3.63) is 48.5 Å². The lowest BCUT2D eigenvalue weighted by Gasteiger charge is -2.09. The highest BCUT2D eigenvalue weighted by molar-refractivity contribution is 7.99. The minimum absolute atomic E-state index is 0.838. The fraction of sp³-hybridized carbons (Fsp3) is 0.222. The number of aliphatic imine (C=N–C) groups is 2. The smallest absolute Gasteiger partial charge is 0.195 e. The maximum atomic E-state index is 4.34. The molecule has 128 valence electrons. The first-order chi connectivity index (χ1) is 12.3.